The maximum Gasteiger partial charge on any atom is 0.410 e. The summed E-state index contributed by atoms with van der Waals surface area (Å²) in [6.45, 7) is 13.2. The van der Waals surface area contributed by atoms with Crippen molar-refractivity contribution in [2.24, 2.45) is 0 Å². The van der Waals surface area contributed by atoms with Crippen molar-refractivity contribution in [2.45, 2.75) is 52.4 Å². The Hall–Kier alpha value is -1.59. The molecule has 0 radical (unpaired) electrons. The molecule has 1 N–H and O–H groups in total. The third-order valence-corrected chi connectivity index (χ3v) is 4.09. The lowest BCUT2D eigenvalue weighted by molar-refractivity contribution is 0.0139. The second-order valence-corrected chi connectivity index (χ2v) is 8.00. The second kappa shape index (κ2) is 7.11. The standard InChI is InChI=1S/C19H30N2O3/c1-18(2,3)24-17(22)21-12-10-20(11-13-21)14-15-6-8-16(9-7-15)19(4,5)23/h6-9,23H,10-14H2,1-5H3. The molecule has 1 saturated heterocycles. The fourth-order valence-electron chi connectivity index (χ4n) is 2.69. The fourth-order valence-corrected chi connectivity index (χ4v) is 2.69. The molecule has 24 heavy (non-hydrogen) atoms. The van der Waals surface area contributed by atoms with Crippen LogP contribution in [0.25, 0.3) is 0 Å². The fraction of sp³-hybridized carbons (Fsp3) is 0.632. The molecule has 0 bridgehead atoms. The van der Waals surface area contributed by atoms with Crippen LogP contribution in [0.1, 0.15) is 45.7 Å². The minimum atomic E-state index is -0.808. The number of aliphatic hydroxyl groups is 1. The van der Waals surface area contributed by atoms with Crippen LogP contribution in [-0.2, 0) is 16.9 Å². The minimum Gasteiger partial charge on any atom is -0.444 e. The van der Waals surface area contributed by atoms with Gasteiger partial charge in [0.25, 0.3) is 0 Å². The molecule has 1 aromatic rings. The monoisotopic (exact) mass is 334 g/mol. The van der Waals surface area contributed by atoms with Gasteiger partial charge in [0.15, 0.2) is 0 Å². The van der Waals surface area contributed by atoms with E-state index in [0.717, 1.165) is 25.2 Å². The number of nitrogens with zero attached hydrogens (tertiary/aromatic N) is 2. The molecular weight excluding hydrogens is 304 g/mol. The molecule has 0 aliphatic carbocycles. The van der Waals surface area contributed by atoms with Crippen LogP contribution in [0.5, 0.6) is 0 Å². The van der Waals surface area contributed by atoms with E-state index in [4.69, 9.17) is 4.74 Å². The molecule has 1 aromatic carbocycles. The molecule has 1 fully saturated rings. The van der Waals surface area contributed by atoms with E-state index in [-0.39, 0.29) is 6.09 Å². The van der Waals surface area contributed by atoms with Crippen molar-refractivity contribution in [3.63, 3.8) is 0 Å². The van der Waals surface area contributed by atoms with Crippen molar-refractivity contribution < 1.29 is 14.6 Å². The molecule has 2 rings (SSSR count). The Balaban J connectivity index is 1.84. The largest absolute Gasteiger partial charge is 0.444 e. The normalized spacial score (nSPS) is 17.0. The van der Waals surface area contributed by atoms with E-state index >= 15 is 0 Å². The molecule has 1 heterocycles. The van der Waals surface area contributed by atoms with Crippen LogP contribution in [0.3, 0.4) is 0 Å². The van der Waals surface area contributed by atoms with Crippen molar-refractivity contribution in [3.8, 4) is 0 Å². The van der Waals surface area contributed by atoms with Crippen LogP contribution < -0.4 is 0 Å². The number of hydrogen-bond acceptors (Lipinski definition) is 4. The van der Waals surface area contributed by atoms with Crippen molar-refractivity contribution in [3.05, 3.63) is 35.4 Å². The van der Waals surface area contributed by atoms with Crippen molar-refractivity contribution in [1.29, 1.82) is 0 Å². The average Bonchev–Trinajstić information content (AvgIpc) is 2.46. The maximum atomic E-state index is 12.1. The highest BCUT2D eigenvalue weighted by atomic mass is 16.6. The minimum absolute atomic E-state index is 0.225. The Kier molecular flexibility index (Phi) is 5.56. The van der Waals surface area contributed by atoms with Crippen LogP contribution >= 0.6 is 0 Å². The summed E-state index contributed by atoms with van der Waals surface area (Å²) < 4.78 is 5.42. The molecule has 1 amide bonds. The van der Waals surface area contributed by atoms with Crippen LogP contribution in [0, 0.1) is 0 Å². The summed E-state index contributed by atoms with van der Waals surface area (Å²) in [5.74, 6) is 0. The predicted molar refractivity (Wildman–Crippen MR) is 94.8 cm³/mol. The molecule has 0 spiro atoms. The molecule has 0 saturated carbocycles. The first kappa shape index (κ1) is 18.7. The summed E-state index contributed by atoms with van der Waals surface area (Å²) in [4.78, 5) is 16.2. The van der Waals surface area contributed by atoms with Gasteiger partial charge in [-0.05, 0) is 45.7 Å². The van der Waals surface area contributed by atoms with Gasteiger partial charge in [0.1, 0.15) is 5.60 Å². The lowest BCUT2D eigenvalue weighted by atomic mass is 9.97. The molecular formula is C19H30N2O3. The molecule has 5 heteroatoms. The van der Waals surface area contributed by atoms with Crippen LogP contribution in [0.4, 0.5) is 4.79 Å². The van der Waals surface area contributed by atoms with Crippen molar-refractivity contribution >= 4 is 6.09 Å². The van der Waals surface area contributed by atoms with E-state index in [1.54, 1.807) is 18.7 Å². The summed E-state index contributed by atoms with van der Waals surface area (Å²) in [7, 11) is 0. The summed E-state index contributed by atoms with van der Waals surface area (Å²) in [5, 5.41) is 10.0. The average molecular weight is 334 g/mol. The van der Waals surface area contributed by atoms with Gasteiger partial charge in [0, 0.05) is 32.7 Å². The van der Waals surface area contributed by atoms with Crippen LogP contribution in [-0.4, -0.2) is 52.8 Å². The molecule has 1 aliphatic rings. The lowest BCUT2D eigenvalue weighted by Gasteiger charge is -2.35. The molecule has 134 valence electrons. The Morgan fingerprint density at radius 3 is 2.04 bits per heavy atom. The molecule has 0 atom stereocenters. The zero-order chi connectivity index (χ0) is 18.0. The van der Waals surface area contributed by atoms with E-state index in [2.05, 4.69) is 17.0 Å². The SMILES string of the molecule is CC(C)(C)OC(=O)N1CCN(Cc2ccc(C(C)(C)O)cc2)CC1. The van der Waals surface area contributed by atoms with Gasteiger partial charge in [-0.15, -0.1) is 0 Å². The summed E-state index contributed by atoms with van der Waals surface area (Å²) in [6.07, 6.45) is -0.225. The van der Waals surface area contributed by atoms with Crippen LogP contribution in [0.2, 0.25) is 0 Å². The second-order valence-electron chi connectivity index (χ2n) is 8.00. The van der Waals surface area contributed by atoms with Gasteiger partial charge in [-0.2, -0.15) is 0 Å². The van der Waals surface area contributed by atoms with E-state index < -0.39 is 11.2 Å². The number of amides is 1. The number of rotatable bonds is 3. The summed E-state index contributed by atoms with van der Waals surface area (Å²) in [6, 6.07) is 8.08. The number of hydrogen-bond donors (Lipinski definition) is 1. The van der Waals surface area contributed by atoms with E-state index in [9.17, 15) is 9.90 Å². The Morgan fingerprint density at radius 2 is 1.58 bits per heavy atom. The highest BCUT2D eigenvalue weighted by Gasteiger charge is 2.25. The zero-order valence-corrected chi connectivity index (χ0v) is 15.5. The first-order valence-electron chi connectivity index (χ1n) is 8.57. The number of carbonyl (C=O) groups excluding carboxylic acids is 1. The third kappa shape index (κ3) is 5.49. The summed E-state index contributed by atoms with van der Waals surface area (Å²) >= 11 is 0. The Morgan fingerprint density at radius 1 is 1.04 bits per heavy atom. The van der Waals surface area contributed by atoms with E-state index in [1.807, 2.05) is 32.9 Å². The van der Waals surface area contributed by atoms with E-state index in [0.29, 0.717) is 13.1 Å². The number of carbonyl (C=O) groups is 1. The number of ether oxygens (including phenoxy) is 1. The van der Waals surface area contributed by atoms with E-state index in [1.165, 1.54) is 5.56 Å². The summed E-state index contributed by atoms with van der Waals surface area (Å²) in [5.41, 5.74) is 0.878. The highest BCUT2D eigenvalue weighted by Crippen LogP contribution is 2.20. The zero-order valence-electron chi connectivity index (χ0n) is 15.5. The molecule has 0 unspecified atom stereocenters. The van der Waals surface area contributed by atoms with Crippen molar-refractivity contribution in [2.75, 3.05) is 26.2 Å². The molecule has 5 nitrogen and oxygen atoms in total. The van der Waals surface area contributed by atoms with Gasteiger partial charge in [-0.25, -0.2) is 4.79 Å². The number of benzene rings is 1. The Bertz CT molecular complexity index is 547. The van der Waals surface area contributed by atoms with Gasteiger partial charge in [-0.1, -0.05) is 24.3 Å². The lowest BCUT2D eigenvalue weighted by Crippen LogP contribution is -2.49. The predicted octanol–water partition coefficient (Wildman–Crippen LogP) is 2.97. The highest BCUT2D eigenvalue weighted by molar-refractivity contribution is 5.68. The van der Waals surface area contributed by atoms with Gasteiger partial charge >= 0.3 is 6.09 Å². The van der Waals surface area contributed by atoms with Gasteiger partial charge < -0.3 is 14.7 Å². The van der Waals surface area contributed by atoms with Gasteiger partial charge in [-0.3, -0.25) is 4.90 Å². The van der Waals surface area contributed by atoms with Gasteiger partial charge in [0.2, 0.25) is 0 Å². The van der Waals surface area contributed by atoms with Gasteiger partial charge in [0.05, 0.1) is 5.60 Å². The van der Waals surface area contributed by atoms with Crippen molar-refractivity contribution in [1.82, 2.24) is 9.80 Å². The Labute approximate surface area is 145 Å². The molecule has 0 aromatic heterocycles. The van der Waals surface area contributed by atoms with Crippen LogP contribution in [0.15, 0.2) is 24.3 Å². The molecule has 1 aliphatic heterocycles. The number of piperazine rings is 1. The first-order chi connectivity index (χ1) is 11.0. The smallest absolute Gasteiger partial charge is 0.410 e. The quantitative estimate of drug-likeness (QED) is 0.923. The third-order valence-electron chi connectivity index (χ3n) is 4.09. The topological polar surface area (TPSA) is 53.0 Å². The maximum absolute atomic E-state index is 12.1. The first-order valence-corrected chi connectivity index (χ1v) is 8.57.